The Morgan fingerprint density at radius 2 is 1.86 bits per heavy atom. The quantitative estimate of drug-likeness (QED) is 0.552. The third kappa shape index (κ3) is 3.26. The van der Waals surface area contributed by atoms with Crippen molar-refractivity contribution in [3.05, 3.63) is 44.4 Å². The van der Waals surface area contributed by atoms with E-state index in [-0.39, 0.29) is 57.9 Å². The minimum absolute atomic E-state index is 0.0322. The van der Waals surface area contributed by atoms with Gasteiger partial charge in [-0.1, -0.05) is 43.4 Å². The maximum absolute atomic E-state index is 13.8. The van der Waals surface area contributed by atoms with E-state index < -0.39 is 23.8 Å². The second-order valence-electron chi connectivity index (χ2n) is 10.7. The molecule has 8 nitrogen and oxygen atoms in total. The van der Waals surface area contributed by atoms with Gasteiger partial charge in [0.25, 0.3) is 0 Å². The largest absolute Gasteiger partial charge is 0.496 e. The van der Waals surface area contributed by atoms with Gasteiger partial charge in [-0.2, -0.15) is 0 Å². The minimum atomic E-state index is -1.13. The number of hydrogen-bond acceptors (Lipinski definition) is 7. The Balaban J connectivity index is 1.44. The highest BCUT2D eigenvalue weighted by Crippen LogP contribution is 2.69. The molecule has 3 heterocycles. The molecule has 2 aromatic rings. The van der Waals surface area contributed by atoms with Gasteiger partial charge in [-0.05, 0) is 42.6 Å². The first-order valence-corrected chi connectivity index (χ1v) is 14.0. The van der Waals surface area contributed by atoms with Gasteiger partial charge >= 0.3 is 10.8 Å². The van der Waals surface area contributed by atoms with Gasteiger partial charge in [0.1, 0.15) is 11.8 Å². The number of H-pyrrole nitrogens is 1. The average Bonchev–Trinajstić information content (AvgIpc) is 3.56. The summed E-state index contributed by atoms with van der Waals surface area (Å²) in [5.41, 5.74) is 0.979. The highest BCUT2D eigenvalue weighted by atomic mass is 32.2. The molecule has 1 saturated heterocycles. The number of fused-ring (bicyclic) bond motifs is 9. The number of likely N-dealkylation sites (tertiary alicyclic amines) is 1. The molecule has 2 amide bonds. The molecule has 2 saturated carbocycles. The van der Waals surface area contributed by atoms with E-state index in [1.54, 1.807) is 18.9 Å². The Labute approximate surface area is 216 Å². The van der Waals surface area contributed by atoms with Crippen LogP contribution in [0.1, 0.15) is 43.0 Å². The molecule has 10 heteroatoms. The van der Waals surface area contributed by atoms with Gasteiger partial charge in [0.2, 0.25) is 11.8 Å². The molecule has 2 aliphatic heterocycles. The zero-order chi connectivity index (χ0) is 25.5. The highest BCUT2D eigenvalue weighted by Gasteiger charge is 2.70. The summed E-state index contributed by atoms with van der Waals surface area (Å²) >= 11 is 2.82. The van der Waals surface area contributed by atoms with E-state index in [1.165, 1.54) is 11.3 Å². The summed E-state index contributed by atoms with van der Waals surface area (Å²) in [6, 6.07) is 6.66. The summed E-state index contributed by atoms with van der Waals surface area (Å²) in [4.78, 5) is 56.8. The Morgan fingerprint density at radius 3 is 2.53 bits per heavy atom. The molecule has 3 fully saturated rings. The number of nitrogens with one attached hydrogen (secondary N) is 1. The van der Waals surface area contributed by atoms with Gasteiger partial charge in [-0.15, -0.1) is 11.8 Å². The Bertz CT molecular complexity index is 1320. The lowest BCUT2D eigenvalue weighted by Gasteiger charge is -2.43. The summed E-state index contributed by atoms with van der Waals surface area (Å²) in [5, 5.41) is 10.8. The predicted octanol–water partition coefficient (Wildman–Crippen LogP) is 3.42. The van der Waals surface area contributed by atoms with Gasteiger partial charge in [0, 0.05) is 21.6 Å². The van der Waals surface area contributed by atoms with E-state index in [4.69, 9.17) is 4.74 Å². The minimum Gasteiger partial charge on any atom is -0.496 e. The number of carboxylic acids is 1. The number of para-hydroxylation sites is 1. The summed E-state index contributed by atoms with van der Waals surface area (Å²) in [5.74, 6) is -2.22. The third-order valence-electron chi connectivity index (χ3n) is 8.52. The fourth-order valence-electron chi connectivity index (χ4n) is 7.38. The van der Waals surface area contributed by atoms with E-state index in [9.17, 15) is 24.3 Å². The molecule has 2 bridgehead atoms. The number of carbonyl (C=O) groups is 3. The number of aromatic nitrogens is 1. The molecule has 8 unspecified atom stereocenters. The molecule has 0 radical (unpaired) electrons. The van der Waals surface area contributed by atoms with Crippen molar-refractivity contribution < 1.29 is 24.2 Å². The van der Waals surface area contributed by atoms with E-state index in [0.29, 0.717) is 0 Å². The number of benzene rings is 1. The molecular formula is C26H28N2O6S2. The SMILES string of the molecule is COc1ccccc1C1c2sc(=O)[nH]c2SC2C3CC(C4C(=O)N(C(CC(C)C)C(=O)O)C(=O)C34)C12. The van der Waals surface area contributed by atoms with Crippen molar-refractivity contribution >= 4 is 40.9 Å². The first-order valence-electron chi connectivity index (χ1n) is 12.3. The monoisotopic (exact) mass is 528 g/mol. The number of thiazole rings is 1. The molecule has 36 heavy (non-hydrogen) atoms. The summed E-state index contributed by atoms with van der Waals surface area (Å²) in [7, 11) is 1.63. The van der Waals surface area contributed by atoms with Crippen molar-refractivity contribution in [1.82, 2.24) is 9.88 Å². The molecule has 1 aromatic carbocycles. The normalized spacial score (nSPS) is 33.0. The van der Waals surface area contributed by atoms with Crippen LogP contribution in [0.3, 0.4) is 0 Å². The number of aliphatic carboxylic acids is 1. The zero-order valence-electron chi connectivity index (χ0n) is 20.2. The number of carboxylic acid groups (broad SMARTS) is 1. The number of rotatable bonds is 6. The number of carbonyl (C=O) groups excluding carboxylic acids is 2. The van der Waals surface area contributed by atoms with Crippen LogP contribution in [-0.4, -0.2) is 51.2 Å². The van der Waals surface area contributed by atoms with E-state index in [0.717, 1.165) is 32.5 Å². The molecular weight excluding hydrogens is 500 g/mol. The van der Waals surface area contributed by atoms with E-state index >= 15 is 0 Å². The fourth-order valence-corrected chi connectivity index (χ4v) is 10.3. The zero-order valence-corrected chi connectivity index (χ0v) is 21.8. The number of hydrogen-bond donors (Lipinski definition) is 2. The van der Waals surface area contributed by atoms with Crippen LogP contribution in [0.2, 0.25) is 0 Å². The van der Waals surface area contributed by atoms with Gasteiger partial charge in [-0.25, -0.2) is 4.79 Å². The van der Waals surface area contributed by atoms with Crippen LogP contribution in [0.4, 0.5) is 0 Å². The summed E-state index contributed by atoms with van der Waals surface area (Å²) in [6.07, 6.45) is 1.00. The van der Waals surface area contributed by atoms with Crippen molar-refractivity contribution in [2.75, 3.05) is 7.11 Å². The number of methoxy groups -OCH3 is 1. The van der Waals surface area contributed by atoms with Crippen molar-refractivity contribution in [2.45, 2.75) is 48.9 Å². The molecule has 6 rings (SSSR count). The van der Waals surface area contributed by atoms with Gasteiger partial charge in [-0.3, -0.25) is 19.3 Å². The van der Waals surface area contributed by atoms with Crippen molar-refractivity contribution in [2.24, 2.45) is 35.5 Å². The van der Waals surface area contributed by atoms with Crippen molar-refractivity contribution in [1.29, 1.82) is 0 Å². The van der Waals surface area contributed by atoms with Gasteiger partial charge in [0.15, 0.2) is 0 Å². The lowest BCUT2D eigenvalue weighted by atomic mass is 9.68. The van der Waals surface area contributed by atoms with Crippen LogP contribution in [-0.2, 0) is 14.4 Å². The standard InChI is InChI=1S/C26H28N2O6S2/c1-10(2)8-14(25(31)32)28-23(29)18-12-9-13(19(18)24(28)30)20-17(12)16(11-6-4-5-7-15(11)34-3)21-22(35-20)27-26(33)36-21/h4-7,10,12-14,16-20H,8-9H2,1-3H3,(H,27,33)(H,31,32). The third-order valence-corrected chi connectivity index (χ3v) is 11.1. The van der Waals surface area contributed by atoms with Gasteiger partial charge in [0.05, 0.1) is 24.0 Å². The maximum Gasteiger partial charge on any atom is 0.326 e. The van der Waals surface area contributed by atoms with Crippen LogP contribution in [0.25, 0.3) is 0 Å². The van der Waals surface area contributed by atoms with Crippen LogP contribution in [0.15, 0.2) is 34.1 Å². The Kier molecular flexibility index (Phi) is 5.60. The second-order valence-corrected chi connectivity index (χ2v) is 12.9. The van der Waals surface area contributed by atoms with Crippen LogP contribution < -0.4 is 9.61 Å². The Morgan fingerprint density at radius 1 is 1.17 bits per heavy atom. The van der Waals surface area contributed by atoms with Crippen LogP contribution >= 0.6 is 23.1 Å². The topological polar surface area (TPSA) is 117 Å². The van der Waals surface area contributed by atoms with Gasteiger partial charge < -0.3 is 14.8 Å². The summed E-state index contributed by atoms with van der Waals surface area (Å²) in [6.45, 7) is 3.79. The Hall–Kier alpha value is -2.59. The highest BCUT2D eigenvalue weighted by molar-refractivity contribution is 8.00. The lowest BCUT2D eigenvalue weighted by molar-refractivity contribution is -0.156. The van der Waals surface area contributed by atoms with Crippen LogP contribution in [0, 0.1) is 35.5 Å². The number of aromatic amines is 1. The number of amides is 2. The van der Waals surface area contributed by atoms with Crippen LogP contribution in [0.5, 0.6) is 5.75 Å². The molecule has 8 atom stereocenters. The number of ether oxygens (including phenoxy) is 1. The average molecular weight is 529 g/mol. The molecule has 2 N–H and O–H groups in total. The molecule has 2 aliphatic carbocycles. The number of nitrogens with zero attached hydrogens (tertiary/aromatic N) is 1. The molecule has 4 aliphatic rings. The first kappa shape index (κ1) is 23.8. The molecule has 190 valence electrons. The maximum atomic E-state index is 13.8. The second kappa shape index (κ2) is 8.48. The smallest absolute Gasteiger partial charge is 0.326 e. The van der Waals surface area contributed by atoms with Crippen molar-refractivity contribution in [3.63, 3.8) is 0 Å². The lowest BCUT2D eigenvalue weighted by Crippen LogP contribution is -2.47. The number of thioether (sulfide) groups is 1. The van der Waals surface area contributed by atoms with E-state index in [2.05, 4.69) is 4.98 Å². The number of imide groups is 1. The summed E-state index contributed by atoms with van der Waals surface area (Å²) < 4.78 is 5.70. The predicted molar refractivity (Wildman–Crippen MR) is 134 cm³/mol. The van der Waals surface area contributed by atoms with Crippen molar-refractivity contribution in [3.8, 4) is 5.75 Å². The molecule has 0 spiro atoms. The molecule has 1 aromatic heterocycles. The van der Waals surface area contributed by atoms with E-state index in [1.807, 2.05) is 38.1 Å². The first-order chi connectivity index (χ1) is 17.2. The fraction of sp³-hybridized carbons (Fsp3) is 0.538.